The molecule has 2 fully saturated rings. The zero-order valence-corrected chi connectivity index (χ0v) is 19.4. The molecule has 0 N–H and O–H groups in total. The lowest BCUT2D eigenvalue weighted by Gasteiger charge is -2.39. The number of fused-ring (bicyclic) bond motifs is 1. The quantitative estimate of drug-likeness (QED) is 0.709. The summed E-state index contributed by atoms with van der Waals surface area (Å²) in [5.74, 6) is 0.408. The second kappa shape index (κ2) is 9.96. The maximum absolute atomic E-state index is 13.9. The third-order valence-electron chi connectivity index (χ3n) is 7.34. The van der Waals surface area contributed by atoms with Crippen LogP contribution in [-0.2, 0) is 16.0 Å². The summed E-state index contributed by atoms with van der Waals surface area (Å²) >= 11 is 0. The van der Waals surface area contributed by atoms with Crippen LogP contribution in [-0.4, -0.2) is 78.9 Å². The van der Waals surface area contributed by atoms with Crippen LogP contribution in [0.1, 0.15) is 36.4 Å². The molecule has 0 aromatic heterocycles. The summed E-state index contributed by atoms with van der Waals surface area (Å²) in [5.41, 5.74) is 3.53. The lowest BCUT2D eigenvalue weighted by molar-refractivity contribution is -0.136. The molecular formula is C27H34N4O2. The van der Waals surface area contributed by atoms with Crippen LogP contribution >= 0.6 is 0 Å². The summed E-state index contributed by atoms with van der Waals surface area (Å²) in [6.45, 7) is 5.97. The van der Waals surface area contributed by atoms with E-state index in [4.69, 9.17) is 0 Å². The Labute approximate surface area is 196 Å². The average Bonchev–Trinajstić information content (AvgIpc) is 3.29. The lowest BCUT2D eigenvalue weighted by Crippen LogP contribution is -2.54. The van der Waals surface area contributed by atoms with Crippen LogP contribution in [0.25, 0.3) is 0 Å². The number of anilines is 1. The first-order valence-electron chi connectivity index (χ1n) is 12.4. The van der Waals surface area contributed by atoms with E-state index >= 15 is 0 Å². The molecule has 0 spiro atoms. The van der Waals surface area contributed by atoms with Gasteiger partial charge in [-0.05, 0) is 42.9 Å². The Morgan fingerprint density at radius 1 is 0.727 bits per heavy atom. The van der Waals surface area contributed by atoms with Gasteiger partial charge < -0.3 is 14.7 Å². The second-order valence-corrected chi connectivity index (χ2v) is 9.43. The van der Waals surface area contributed by atoms with Gasteiger partial charge in [0.1, 0.15) is 6.04 Å². The highest BCUT2D eigenvalue weighted by Gasteiger charge is 2.36. The third-order valence-corrected chi connectivity index (χ3v) is 7.34. The molecule has 3 aliphatic heterocycles. The number of benzene rings is 2. The Morgan fingerprint density at radius 3 is 2.18 bits per heavy atom. The van der Waals surface area contributed by atoms with Crippen LogP contribution in [0.2, 0.25) is 0 Å². The number of likely N-dealkylation sites (tertiary alicyclic amines) is 1. The highest BCUT2D eigenvalue weighted by molar-refractivity contribution is 5.88. The van der Waals surface area contributed by atoms with Gasteiger partial charge in [0.05, 0.1) is 6.54 Å². The average molecular weight is 447 g/mol. The Hall–Kier alpha value is -2.86. The largest absolute Gasteiger partial charge is 0.355 e. The molecule has 0 aliphatic carbocycles. The van der Waals surface area contributed by atoms with Crippen LogP contribution in [0.5, 0.6) is 0 Å². The first-order chi connectivity index (χ1) is 16.2. The molecule has 6 nitrogen and oxygen atoms in total. The highest BCUT2D eigenvalue weighted by atomic mass is 16.2. The Balaban J connectivity index is 1.26. The van der Waals surface area contributed by atoms with Crippen molar-refractivity contribution in [1.82, 2.24) is 14.7 Å². The molecule has 2 amide bonds. The molecule has 0 bridgehead atoms. The van der Waals surface area contributed by atoms with Crippen LogP contribution in [0.3, 0.4) is 0 Å². The SMILES string of the molecule is O=C(CN1CCN(C(=O)C(c2ccccc2)N2CCc3ccccc32)CC1)N1CCCCC1. The van der Waals surface area contributed by atoms with Crippen molar-refractivity contribution >= 4 is 17.5 Å². The number of hydrogen-bond acceptors (Lipinski definition) is 4. The smallest absolute Gasteiger partial charge is 0.250 e. The van der Waals surface area contributed by atoms with Crippen molar-refractivity contribution in [3.63, 3.8) is 0 Å². The van der Waals surface area contributed by atoms with E-state index in [0.29, 0.717) is 19.6 Å². The van der Waals surface area contributed by atoms with Gasteiger partial charge in [-0.25, -0.2) is 0 Å². The van der Waals surface area contributed by atoms with E-state index in [-0.39, 0.29) is 17.9 Å². The fraction of sp³-hybridized carbons (Fsp3) is 0.481. The Kier molecular flexibility index (Phi) is 6.63. The van der Waals surface area contributed by atoms with E-state index in [9.17, 15) is 9.59 Å². The zero-order chi connectivity index (χ0) is 22.6. The first-order valence-corrected chi connectivity index (χ1v) is 12.4. The number of rotatable bonds is 5. The van der Waals surface area contributed by atoms with Gasteiger partial charge in [0.25, 0.3) is 0 Å². The van der Waals surface area contributed by atoms with Crippen LogP contribution in [0, 0.1) is 0 Å². The van der Waals surface area contributed by atoms with Crippen molar-refractivity contribution in [1.29, 1.82) is 0 Å². The van der Waals surface area contributed by atoms with Crippen molar-refractivity contribution < 1.29 is 9.59 Å². The molecule has 3 aliphatic rings. The number of carbonyl (C=O) groups excluding carboxylic acids is 2. The highest BCUT2D eigenvalue weighted by Crippen LogP contribution is 2.36. The van der Waals surface area contributed by atoms with E-state index in [1.54, 1.807) is 0 Å². The van der Waals surface area contributed by atoms with E-state index in [1.165, 1.54) is 17.7 Å². The van der Waals surface area contributed by atoms with Gasteiger partial charge in [-0.2, -0.15) is 0 Å². The van der Waals surface area contributed by atoms with Crippen molar-refractivity contribution in [2.24, 2.45) is 0 Å². The maximum Gasteiger partial charge on any atom is 0.250 e. The van der Waals surface area contributed by atoms with Crippen molar-refractivity contribution in [3.8, 4) is 0 Å². The summed E-state index contributed by atoms with van der Waals surface area (Å²) in [6.07, 6.45) is 4.44. The number of para-hydroxylation sites is 1. The molecule has 5 rings (SSSR count). The molecule has 3 heterocycles. The normalized spacial score (nSPS) is 19.9. The van der Waals surface area contributed by atoms with E-state index in [0.717, 1.165) is 57.5 Å². The van der Waals surface area contributed by atoms with Gasteiger partial charge in [-0.3, -0.25) is 14.5 Å². The molecule has 0 saturated carbocycles. The number of hydrogen-bond donors (Lipinski definition) is 0. The monoisotopic (exact) mass is 446 g/mol. The molecule has 2 saturated heterocycles. The molecular weight excluding hydrogens is 412 g/mol. The topological polar surface area (TPSA) is 47.1 Å². The minimum absolute atomic E-state index is 0.167. The van der Waals surface area contributed by atoms with Gasteiger partial charge in [0.2, 0.25) is 11.8 Å². The van der Waals surface area contributed by atoms with Gasteiger partial charge in [-0.15, -0.1) is 0 Å². The summed E-state index contributed by atoms with van der Waals surface area (Å²) < 4.78 is 0. The number of carbonyl (C=O) groups is 2. The van der Waals surface area contributed by atoms with Crippen LogP contribution in [0.15, 0.2) is 54.6 Å². The summed E-state index contributed by atoms with van der Waals surface area (Å²) in [6, 6.07) is 18.3. The molecule has 2 aromatic rings. The standard InChI is InChI=1S/C27H34N4O2/c32-25(29-14-7-2-8-15-29)21-28-17-19-30(20-18-28)27(33)26(23-10-3-1-4-11-23)31-16-13-22-9-5-6-12-24(22)31/h1,3-6,9-12,26H,2,7-8,13-21H2. The molecule has 174 valence electrons. The fourth-order valence-corrected chi connectivity index (χ4v) is 5.46. The molecule has 1 unspecified atom stereocenters. The lowest BCUT2D eigenvalue weighted by atomic mass is 10.0. The van der Waals surface area contributed by atoms with Crippen molar-refractivity contribution in [2.45, 2.75) is 31.7 Å². The minimum Gasteiger partial charge on any atom is -0.355 e. The molecule has 0 radical (unpaired) electrons. The molecule has 33 heavy (non-hydrogen) atoms. The first kappa shape index (κ1) is 22.0. The number of piperidine rings is 1. The zero-order valence-electron chi connectivity index (χ0n) is 19.4. The predicted molar refractivity (Wildman–Crippen MR) is 130 cm³/mol. The minimum atomic E-state index is -0.309. The number of piperazine rings is 1. The van der Waals surface area contributed by atoms with E-state index in [1.807, 2.05) is 28.0 Å². The van der Waals surface area contributed by atoms with Gasteiger partial charge in [0.15, 0.2) is 0 Å². The van der Waals surface area contributed by atoms with Gasteiger partial charge in [-0.1, -0.05) is 48.5 Å². The Morgan fingerprint density at radius 2 is 1.42 bits per heavy atom. The summed E-state index contributed by atoms with van der Waals surface area (Å²) in [5, 5.41) is 0. The molecule has 2 aromatic carbocycles. The van der Waals surface area contributed by atoms with Gasteiger partial charge >= 0.3 is 0 Å². The second-order valence-electron chi connectivity index (χ2n) is 9.43. The third kappa shape index (κ3) is 4.76. The van der Waals surface area contributed by atoms with Crippen LogP contribution in [0.4, 0.5) is 5.69 Å². The fourth-order valence-electron chi connectivity index (χ4n) is 5.46. The maximum atomic E-state index is 13.9. The molecule has 6 heteroatoms. The molecule has 1 atom stereocenters. The van der Waals surface area contributed by atoms with Crippen LogP contribution < -0.4 is 4.90 Å². The Bertz CT molecular complexity index is 965. The van der Waals surface area contributed by atoms with Crippen molar-refractivity contribution in [3.05, 3.63) is 65.7 Å². The number of nitrogens with zero attached hydrogens (tertiary/aromatic N) is 4. The van der Waals surface area contributed by atoms with E-state index in [2.05, 4.69) is 46.2 Å². The summed E-state index contributed by atoms with van der Waals surface area (Å²) in [4.78, 5) is 35.0. The summed E-state index contributed by atoms with van der Waals surface area (Å²) in [7, 11) is 0. The van der Waals surface area contributed by atoms with E-state index < -0.39 is 0 Å². The van der Waals surface area contributed by atoms with Gasteiger partial charge in [0, 0.05) is 51.5 Å². The number of amides is 2. The predicted octanol–water partition coefficient (Wildman–Crippen LogP) is 2.95. The van der Waals surface area contributed by atoms with Crippen molar-refractivity contribution in [2.75, 3.05) is 57.3 Å².